The van der Waals surface area contributed by atoms with Crippen LogP contribution in [0.3, 0.4) is 0 Å². The van der Waals surface area contributed by atoms with Crippen molar-refractivity contribution in [3.63, 3.8) is 0 Å². The molecule has 7 heteroatoms. The number of rotatable bonds is 7. The number of piperidine rings is 1. The van der Waals surface area contributed by atoms with E-state index in [0.717, 1.165) is 78.7 Å². The topological polar surface area (TPSA) is 68.7 Å². The van der Waals surface area contributed by atoms with Crippen molar-refractivity contribution < 1.29 is 18.1 Å². The zero-order chi connectivity index (χ0) is 23.7. The number of aryl methyl sites for hydroxylation is 2. The van der Waals surface area contributed by atoms with Crippen LogP contribution < -0.4 is 10.4 Å². The molecule has 178 valence electrons. The van der Waals surface area contributed by atoms with E-state index in [2.05, 4.69) is 10.1 Å². The highest BCUT2D eigenvalue weighted by Crippen LogP contribution is 2.33. The molecule has 5 rings (SSSR count). The quantitative estimate of drug-likeness (QED) is 0.257. The van der Waals surface area contributed by atoms with Crippen LogP contribution in [-0.4, -0.2) is 36.3 Å². The molecule has 1 aliphatic heterocycles. The number of unbranched alkanes of at least 4 members (excludes halogenated alkanes) is 1. The summed E-state index contributed by atoms with van der Waals surface area (Å²) >= 11 is 0. The van der Waals surface area contributed by atoms with Crippen LogP contribution in [0.2, 0.25) is 0 Å². The van der Waals surface area contributed by atoms with Gasteiger partial charge in [-0.05, 0) is 88.5 Å². The first-order valence-electron chi connectivity index (χ1n) is 11.9. The molecule has 0 N–H and O–H groups in total. The predicted molar refractivity (Wildman–Crippen MR) is 129 cm³/mol. The Morgan fingerprint density at radius 3 is 2.68 bits per heavy atom. The normalized spacial score (nSPS) is 15.4. The number of aromatic nitrogens is 1. The smallest absolute Gasteiger partial charge is 0.336 e. The van der Waals surface area contributed by atoms with E-state index in [-0.39, 0.29) is 11.4 Å². The number of nitrogens with zero attached hydrogens (tertiary/aromatic N) is 2. The second-order valence-corrected chi connectivity index (χ2v) is 9.24. The maximum atomic E-state index is 13.4. The molecular formula is C27H29FN2O4. The van der Waals surface area contributed by atoms with Crippen molar-refractivity contribution in [1.29, 1.82) is 0 Å². The van der Waals surface area contributed by atoms with Crippen LogP contribution in [0.15, 0.2) is 50.1 Å². The van der Waals surface area contributed by atoms with Gasteiger partial charge in [0.1, 0.15) is 17.1 Å². The van der Waals surface area contributed by atoms with Crippen LogP contribution in [0.4, 0.5) is 4.39 Å². The lowest BCUT2D eigenvalue weighted by Crippen LogP contribution is -2.34. The summed E-state index contributed by atoms with van der Waals surface area (Å²) in [6.45, 7) is 7.62. The van der Waals surface area contributed by atoms with E-state index in [1.54, 1.807) is 6.07 Å². The van der Waals surface area contributed by atoms with Gasteiger partial charge in [-0.1, -0.05) is 5.16 Å². The number of hydrogen-bond donors (Lipinski definition) is 0. The molecule has 4 aromatic rings. The van der Waals surface area contributed by atoms with Crippen LogP contribution in [0, 0.1) is 19.7 Å². The number of benzene rings is 2. The van der Waals surface area contributed by atoms with Gasteiger partial charge in [-0.2, -0.15) is 0 Å². The lowest BCUT2D eigenvalue weighted by Gasteiger charge is -2.31. The van der Waals surface area contributed by atoms with Crippen molar-refractivity contribution in [3.05, 3.63) is 69.5 Å². The Morgan fingerprint density at radius 1 is 1.06 bits per heavy atom. The van der Waals surface area contributed by atoms with Crippen LogP contribution in [0.25, 0.3) is 21.9 Å². The third-order valence-corrected chi connectivity index (χ3v) is 6.79. The molecule has 0 saturated carbocycles. The summed E-state index contributed by atoms with van der Waals surface area (Å²) in [5.41, 5.74) is 3.69. The summed E-state index contributed by atoms with van der Waals surface area (Å²) in [6, 6.07) is 9.98. The summed E-state index contributed by atoms with van der Waals surface area (Å²) in [5.74, 6) is 0.789. The number of ether oxygens (including phenoxy) is 1. The van der Waals surface area contributed by atoms with Gasteiger partial charge in [-0.25, -0.2) is 9.18 Å². The largest absolute Gasteiger partial charge is 0.493 e. The van der Waals surface area contributed by atoms with Crippen molar-refractivity contribution in [2.45, 2.75) is 45.4 Å². The van der Waals surface area contributed by atoms with Gasteiger partial charge in [0, 0.05) is 34.9 Å². The van der Waals surface area contributed by atoms with E-state index in [0.29, 0.717) is 23.7 Å². The van der Waals surface area contributed by atoms with E-state index >= 15 is 0 Å². The highest BCUT2D eigenvalue weighted by atomic mass is 19.1. The Morgan fingerprint density at radius 2 is 1.85 bits per heavy atom. The van der Waals surface area contributed by atoms with Gasteiger partial charge >= 0.3 is 5.63 Å². The third kappa shape index (κ3) is 4.71. The second-order valence-electron chi connectivity index (χ2n) is 9.24. The second kappa shape index (κ2) is 9.58. The summed E-state index contributed by atoms with van der Waals surface area (Å²) < 4.78 is 30.1. The van der Waals surface area contributed by atoms with Gasteiger partial charge in [0.25, 0.3) is 0 Å². The van der Waals surface area contributed by atoms with Gasteiger partial charge < -0.3 is 18.6 Å². The molecule has 0 amide bonds. The lowest BCUT2D eigenvalue weighted by molar-refractivity contribution is 0.199. The van der Waals surface area contributed by atoms with Crippen molar-refractivity contribution in [2.24, 2.45) is 0 Å². The molecule has 0 radical (unpaired) electrons. The predicted octanol–water partition coefficient (Wildman–Crippen LogP) is 5.73. The Hall–Kier alpha value is -3.19. The molecule has 0 aliphatic carbocycles. The molecule has 6 nitrogen and oxygen atoms in total. The maximum absolute atomic E-state index is 13.4. The molecular weight excluding hydrogens is 435 g/mol. The Labute approximate surface area is 197 Å². The van der Waals surface area contributed by atoms with E-state index in [1.807, 2.05) is 26.0 Å². The summed E-state index contributed by atoms with van der Waals surface area (Å²) in [6.07, 6.45) is 4.05. The minimum atomic E-state index is -0.337. The van der Waals surface area contributed by atoms with Crippen molar-refractivity contribution >= 4 is 21.9 Å². The molecule has 0 unspecified atom stereocenters. The van der Waals surface area contributed by atoms with Crippen molar-refractivity contribution in [2.75, 3.05) is 26.2 Å². The molecule has 2 aromatic carbocycles. The molecule has 1 aliphatic rings. The number of fused-ring (bicyclic) bond motifs is 2. The van der Waals surface area contributed by atoms with E-state index in [9.17, 15) is 9.18 Å². The minimum Gasteiger partial charge on any atom is -0.493 e. The molecule has 0 bridgehead atoms. The summed E-state index contributed by atoms with van der Waals surface area (Å²) in [5, 5.41) is 6.13. The molecule has 34 heavy (non-hydrogen) atoms. The van der Waals surface area contributed by atoms with Gasteiger partial charge in [0.2, 0.25) is 0 Å². The molecule has 0 atom stereocenters. The summed E-state index contributed by atoms with van der Waals surface area (Å²) in [7, 11) is 0. The Kier molecular flexibility index (Phi) is 6.37. The van der Waals surface area contributed by atoms with E-state index in [4.69, 9.17) is 13.7 Å². The molecule has 1 saturated heterocycles. The molecule has 1 fully saturated rings. The van der Waals surface area contributed by atoms with Gasteiger partial charge in [0.15, 0.2) is 5.58 Å². The van der Waals surface area contributed by atoms with Gasteiger partial charge in [0.05, 0.1) is 12.3 Å². The average Bonchev–Trinajstić information content (AvgIpc) is 3.21. The monoisotopic (exact) mass is 464 g/mol. The Balaban J connectivity index is 1.08. The van der Waals surface area contributed by atoms with Crippen molar-refractivity contribution in [3.8, 4) is 5.75 Å². The number of likely N-dealkylation sites (tertiary alicyclic amines) is 1. The zero-order valence-electron chi connectivity index (χ0n) is 19.6. The van der Waals surface area contributed by atoms with Gasteiger partial charge in [-0.15, -0.1) is 0 Å². The van der Waals surface area contributed by atoms with Crippen LogP contribution in [-0.2, 0) is 0 Å². The first kappa shape index (κ1) is 22.6. The number of hydrogen-bond acceptors (Lipinski definition) is 6. The summed E-state index contributed by atoms with van der Waals surface area (Å²) in [4.78, 5) is 14.2. The molecule has 2 aromatic heterocycles. The Bertz CT molecular complexity index is 1370. The van der Waals surface area contributed by atoms with Crippen LogP contribution in [0.1, 0.15) is 48.4 Å². The first-order chi connectivity index (χ1) is 16.5. The standard InChI is InChI=1S/C27H29FN2O4/c1-17-13-21(16-24-26(17)18(2)14-25(31)33-24)32-12-4-3-9-30-10-7-19(8-11-30)27-22-6-5-20(28)15-23(22)34-29-27/h5-6,13-16,19H,3-4,7-12H2,1-2H3. The van der Waals surface area contributed by atoms with Crippen LogP contribution in [0.5, 0.6) is 5.75 Å². The minimum absolute atomic E-state index is 0.300. The van der Waals surface area contributed by atoms with Gasteiger partial charge in [-0.3, -0.25) is 0 Å². The third-order valence-electron chi connectivity index (χ3n) is 6.79. The first-order valence-corrected chi connectivity index (χ1v) is 11.9. The fraction of sp³-hybridized carbons (Fsp3) is 0.407. The lowest BCUT2D eigenvalue weighted by atomic mass is 9.91. The zero-order valence-corrected chi connectivity index (χ0v) is 19.6. The SMILES string of the molecule is Cc1cc(OCCCCN2CCC(c3noc4cc(F)ccc34)CC2)cc2oc(=O)cc(C)c12. The maximum Gasteiger partial charge on any atom is 0.336 e. The molecule has 3 heterocycles. The van der Waals surface area contributed by atoms with E-state index in [1.165, 1.54) is 18.2 Å². The van der Waals surface area contributed by atoms with Crippen LogP contribution >= 0.6 is 0 Å². The highest BCUT2D eigenvalue weighted by Gasteiger charge is 2.25. The fourth-order valence-electron chi connectivity index (χ4n) is 5.06. The van der Waals surface area contributed by atoms with E-state index < -0.39 is 0 Å². The van der Waals surface area contributed by atoms with Crippen molar-refractivity contribution in [1.82, 2.24) is 10.1 Å². The fourth-order valence-corrected chi connectivity index (χ4v) is 5.06. The highest BCUT2D eigenvalue weighted by molar-refractivity contribution is 5.85. The molecule has 0 spiro atoms. The number of halogens is 1. The average molecular weight is 465 g/mol.